The van der Waals surface area contributed by atoms with Gasteiger partial charge in [-0.15, -0.1) is 0 Å². The van der Waals surface area contributed by atoms with Crippen molar-refractivity contribution < 1.29 is 4.74 Å². The second-order valence-electron chi connectivity index (χ2n) is 5.39. The maximum atomic E-state index is 6.26. The Bertz CT molecular complexity index is 723. The molecule has 0 bridgehead atoms. The Balaban J connectivity index is 1.96. The van der Waals surface area contributed by atoms with E-state index in [1.165, 1.54) is 22.0 Å². The van der Waals surface area contributed by atoms with Crippen LogP contribution < -0.4 is 0 Å². The molecule has 1 aliphatic rings. The maximum Gasteiger partial charge on any atom is 0.120 e. The van der Waals surface area contributed by atoms with Crippen molar-refractivity contribution in [3.63, 3.8) is 0 Å². The quantitative estimate of drug-likeness (QED) is 0.735. The van der Waals surface area contributed by atoms with Gasteiger partial charge >= 0.3 is 0 Å². The lowest BCUT2D eigenvalue weighted by molar-refractivity contribution is 0.0372. The van der Waals surface area contributed by atoms with Crippen molar-refractivity contribution >= 4 is 10.9 Å². The average Bonchev–Trinajstić information content (AvgIpc) is 3.15. The standard InChI is InChI=1S/C18H17NO/c1-2-7-14(8-3-1)18(11-6-12-20-18)16-13-19-17-10-5-4-9-15(16)17/h1-5,7-10,13,19H,6,11-12H2. The fraction of sp³-hybridized carbons (Fsp3) is 0.222. The highest BCUT2D eigenvalue weighted by atomic mass is 16.5. The van der Waals surface area contributed by atoms with E-state index in [9.17, 15) is 0 Å². The summed E-state index contributed by atoms with van der Waals surface area (Å²) in [6, 6.07) is 19.0. The SMILES string of the molecule is c1ccc(C2(c3c[nH]c4ccccc34)CCCO2)cc1. The van der Waals surface area contributed by atoms with Crippen LogP contribution in [0.15, 0.2) is 60.8 Å². The van der Waals surface area contributed by atoms with Crippen molar-refractivity contribution in [2.75, 3.05) is 6.61 Å². The molecule has 1 aliphatic heterocycles. The molecule has 0 saturated carbocycles. The van der Waals surface area contributed by atoms with Gasteiger partial charge in [0, 0.05) is 29.3 Å². The van der Waals surface area contributed by atoms with Gasteiger partial charge in [0.05, 0.1) is 0 Å². The summed E-state index contributed by atoms with van der Waals surface area (Å²) in [5.74, 6) is 0. The Hall–Kier alpha value is -2.06. The molecule has 4 rings (SSSR count). The van der Waals surface area contributed by atoms with Crippen LogP contribution in [0.1, 0.15) is 24.0 Å². The molecule has 1 N–H and O–H groups in total. The number of hydrogen-bond donors (Lipinski definition) is 1. The van der Waals surface area contributed by atoms with Gasteiger partial charge < -0.3 is 9.72 Å². The molecule has 2 nitrogen and oxygen atoms in total. The molecule has 0 radical (unpaired) electrons. The largest absolute Gasteiger partial charge is 0.365 e. The second-order valence-corrected chi connectivity index (χ2v) is 5.39. The van der Waals surface area contributed by atoms with E-state index < -0.39 is 0 Å². The molecule has 0 amide bonds. The topological polar surface area (TPSA) is 25.0 Å². The zero-order valence-corrected chi connectivity index (χ0v) is 11.3. The molecule has 1 fully saturated rings. The van der Waals surface area contributed by atoms with Crippen molar-refractivity contribution in [1.29, 1.82) is 0 Å². The van der Waals surface area contributed by atoms with Gasteiger partial charge in [0.25, 0.3) is 0 Å². The third-order valence-electron chi connectivity index (χ3n) is 4.29. The van der Waals surface area contributed by atoms with Crippen LogP contribution >= 0.6 is 0 Å². The van der Waals surface area contributed by atoms with Crippen molar-refractivity contribution in [2.24, 2.45) is 0 Å². The van der Waals surface area contributed by atoms with Crippen LogP contribution in [-0.4, -0.2) is 11.6 Å². The Morgan fingerprint density at radius 3 is 2.55 bits per heavy atom. The molecule has 2 heteroatoms. The maximum absolute atomic E-state index is 6.26. The zero-order valence-electron chi connectivity index (χ0n) is 11.3. The minimum absolute atomic E-state index is 0.291. The van der Waals surface area contributed by atoms with Crippen molar-refractivity contribution in [3.8, 4) is 0 Å². The average molecular weight is 263 g/mol. The number of ether oxygens (including phenoxy) is 1. The molecule has 1 aromatic heterocycles. The molecule has 2 aromatic carbocycles. The third kappa shape index (κ3) is 1.61. The highest BCUT2D eigenvalue weighted by molar-refractivity contribution is 5.84. The Morgan fingerprint density at radius 1 is 0.950 bits per heavy atom. The molecule has 1 unspecified atom stereocenters. The van der Waals surface area contributed by atoms with Gasteiger partial charge in [-0.3, -0.25) is 0 Å². The summed E-state index contributed by atoms with van der Waals surface area (Å²) in [5, 5.41) is 1.26. The first-order valence-corrected chi connectivity index (χ1v) is 7.16. The van der Waals surface area contributed by atoms with E-state index in [0.717, 1.165) is 19.4 Å². The molecule has 1 saturated heterocycles. The number of benzene rings is 2. The van der Waals surface area contributed by atoms with Crippen molar-refractivity contribution in [3.05, 3.63) is 71.9 Å². The predicted octanol–water partition coefficient (Wildman–Crippen LogP) is 4.22. The molecule has 0 spiro atoms. The summed E-state index contributed by atoms with van der Waals surface area (Å²) < 4.78 is 6.26. The molecule has 3 aromatic rings. The van der Waals surface area contributed by atoms with E-state index in [4.69, 9.17) is 4.74 Å². The Labute approximate surface area is 118 Å². The molecule has 100 valence electrons. The molecule has 1 atom stereocenters. The van der Waals surface area contributed by atoms with Crippen LogP contribution in [0.5, 0.6) is 0 Å². The summed E-state index contributed by atoms with van der Waals surface area (Å²) in [5.41, 5.74) is 3.40. The molecule has 2 heterocycles. The van der Waals surface area contributed by atoms with E-state index in [1.54, 1.807) is 0 Å². The van der Waals surface area contributed by atoms with E-state index in [1.807, 2.05) is 0 Å². The highest BCUT2D eigenvalue weighted by Gasteiger charge is 2.40. The lowest BCUT2D eigenvalue weighted by Crippen LogP contribution is -2.26. The number of aromatic nitrogens is 1. The van der Waals surface area contributed by atoms with Gasteiger partial charge in [-0.2, -0.15) is 0 Å². The number of H-pyrrole nitrogens is 1. The minimum Gasteiger partial charge on any atom is -0.365 e. The number of para-hydroxylation sites is 1. The van der Waals surface area contributed by atoms with Crippen LogP contribution in [0.25, 0.3) is 10.9 Å². The number of aromatic amines is 1. The smallest absolute Gasteiger partial charge is 0.120 e. The van der Waals surface area contributed by atoms with Crippen LogP contribution in [0.2, 0.25) is 0 Å². The number of hydrogen-bond acceptors (Lipinski definition) is 1. The number of fused-ring (bicyclic) bond motifs is 1. The number of nitrogens with one attached hydrogen (secondary N) is 1. The van der Waals surface area contributed by atoms with E-state index in [2.05, 4.69) is 65.8 Å². The molecular formula is C18H17NO. The monoisotopic (exact) mass is 263 g/mol. The lowest BCUT2D eigenvalue weighted by Gasteiger charge is -2.29. The summed E-state index contributed by atoms with van der Waals surface area (Å²) in [6.07, 6.45) is 4.26. The molecule has 20 heavy (non-hydrogen) atoms. The number of rotatable bonds is 2. The van der Waals surface area contributed by atoms with E-state index >= 15 is 0 Å². The Kier molecular flexibility index (Phi) is 2.64. The van der Waals surface area contributed by atoms with Crippen LogP contribution in [-0.2, 0) is 10.3 Å². The first-order valence-electron chi connectivity index (χ1n) is 7.16. The van der Waals surface area contributed by atoms with Crippen molar-refractivity contribution in [2.45, 2.75) is 18.4 Å². The normalized spacial score (nSPS) is 22.4. The Morgan fingerprint density at radius 2 is 1.75 bits per heavy atom. The van der Waals surface area contributed by atoms with Gasteiger partial charge in [0.2, 0.25) is 0 Å². The fourth-order valence-corrected chi connectivity index (χ4v) is 3.35. The third-order valence-corrected chi connectivity index (χ3v) is 4.29. The van der Waals surface area contributed by atoms with Crippen LogP contribution in [0, 0.1) is 0 Å². The first-order chi connectivity index (χ1) is 9.90. The molecule has 0 aliphatic carbocycles. The zero-order chi connectivity index (χ0) is 13.4. The van der Waals surface area contributed by atoms with E-state index in [-0.39, 0.29) is 5.60 Å². The van der Waals surface area contributed by atoms with Gasteiger partial charge in [-0.1, -0.05) is 48.5 Å². The summed E-state index contributed by atoms with van der Waals surface area (Å²) in [4.78, 5) is 3.38. The summed E-state index contributed by atoms with van der Waals surface area (Å²) >= 11 is 0. The first kappa shape index (κ1) is 11.7. The van der Waals surface area contributed by atoms with Gasteiger partial charge in [-0.25, -0.2) is 0 Å². The fourth-order valence-electron chi connectivity index (χ4n) is 3.35. The van der Waals surface area contributed by atoms with Gasteiger partial charge in [-0.05, 0) is 24.5 Å². The second kappa shape index (κ2) is 4.50. The highest BCUT2D eigenvalue weighted by Crippen LogP contribution is 2.44. The van der Waals surface area contributed by atoms with Crippen molar-refractivity contribution in [1.82, 2.24) is 4.98 Å². The summed E-state index contributed by atoms with van der Waals surface area (Å²) in [6.45, 7) is 0.828. The van der Waals surface area contributed by atoms with Gasteiger partial charge in [0.1, 0.15) is 5.60 Å². The molecular weight excluding hydrogens is 246 g/mol. The summed E-state index contributed by atoms with van der Waals surface area (Å²) in [7, 11) is 0. The van der Waals surface area contributed by atoms with Gasteiger partial charge in [0.15, 0.2) is 0 Å². The minimum atomic E-state index is -0.291. The lowest BCUT2D eigenvalue weighted by atomic mass is 9.84. The van der Waals surface area contributed by atoms with Crippen LogP contribution in [0.3, 0.4) is 0 Å². The predicted molar refractivity (Wildman–Crippen MR) is 80.7 cm³/mol. The van der Waals surface area contributed by atoms with E-state index in [0.29, 0.717) is 0 Å². The van der Waals surface area contributed by atoms with Crippen LogP contribution in [0.4, 0.5) is 0 Å².